The highest BCUT2D eigenvalue weighted by atomic mass is 35.5. The Labute approximate surface area is 183 Å². The lowest BCUT2D eigenvalue weighted by atomic mass is 9.94. The molecule has 1 fully saturated rings. The number of ketones is 1. The molecule has 8 nitrogen and oxygen atoms in total. The molecule has 0 saturated carbocycles. The lowest BCUT2D eigenvalue weighted by molar-refractivity contribution is -0.123. The van der Waals surface area contributed by atoms with E-state index in [0.717, 1.165) is 4.31 Å². The average molecular weight is 458 g/mol. The number of ether oxygens (including phenoxy) is 1. The van der Waals surface area contributed by atoms with Gasteiger partial charge in [-0.2, -0.15) is 4.31 Å². The van der Waals surface area contributed by atoms with Crippen molar-refractivity contribution >= 4 is 33.5 Å². The summed E-state index contributed by atoms with van der Waals surface area (Å²) in [5, 5.41) is 0.399. The minimum absolute atomic E-state index is 0.00815. The largest absolute Gasteiger partial charge is 0.429 e. The molecule has 30 heavy (non-hydrogen) atoms. The third-order valence-corrected chi connectivity index (χ3v) is 6.99. The molecule has 1 aromatic carbocycles. The van der Waals surface area contributed by atoms with Crippen LogP contribution in [-0.4, -0.2) is 74.4 Å². The van der Waals surface area contributed by atoms with Crippen molar-refractivity contribution in [2.45, 2.75) is 43.9 Å². The number of benzene rings is 1. The molecular weight excluding hydrogens is 430 g/mol. The zero-order valence-electron chi connectivity index (χ0n) is 17.8. The van der Waals surface area contributed by atoms with E-state index in [2.05, 4.69) is 0 Å². The van der Waals surface area contributed by atoms with E-state index in [4.69, 9.17) is 16.3 Å². The van der Waals surface area contributed by atoms with Gasteiger partial charge in [0.05, 0.1) is 17.4 Å². The molecule has 1 saturated heterocycles. The van der Waals surface area contributed by atoms with Crippen LogP contribution in [0.2, 0.25) is 5.02 Å². The quantitative estimate of drug-likeness (QED) is 0.610. The van der Waals surface area contributed by atoms with Crippen molar-refractivity contribution in [3.63, 3.8) is 0 Å². The van der Waals surface area contributed by atoms with Gasteiger partial charge in [-0.3, -0.25) is 4.79 Å². The molecule has 10 heteroatoms. The summed E-state index contributed by atoms with van der Waals surface area (Å²) in [4.78, 5) is 28.2. The number of sulfonamides is 1. The Morgan fingerprint density at radius 2 is 1.83 bits per heavy atom. The molecule has 1 aliphatic heterocycles. The van der Waals surface area contributed by atoms with Crippen LogP contribution in [-0.2, 0) is 19.6 Å². The maximum Gasteiger partial charge on any atom is 0.411 e. The molecule has 1 aliphatic rings. The highest BCUT2D eigenvalue weighted by Crippen LogP contribution is 2.34. The summed E-state index contributed by atoms with van der Waals surface area (Å²) in [6, 6.07) is 4.97. The van der Waals surface area contributed by atoms with Gasteiger partial charge in [0.25, 0.3) is 0 Å². The van der Waals surface area contributed by atoms with Crippen LogP contribution in [0.4, 0.5) is 4.79 Å². The monoisotopic (exact) mass is 457 g/mol. The Morgan fingerprint density at radius 1 is 1.23 bits per heavy atom. The molecule has 2 unspecified atom stereocenters. The van der Waals surface area contributed by atoms with Crippen LogP contribution in [0.1, 0.15) is 26.7 Å². The smallest absolute Gasteiger partial charge is 0.411 e. The second-order valence-electron chi connectivity index (χ2n) is 7.24. The number of halogens is 1. The summed E-state index contributed by atoms with van der Waals surface area (Å²) >= 11 is 5.91. The Kier molecular flexibility index (Phi) is 7.90. The fraction of sp³-hybridized carbons (Fsp3) is 0.500. The molecule has 1 amide bonds. The number of nitrogens with zero attached hydrogens (tertiary/aromatic N) is 3. The van der Waals surface area contributed by atoms with Crippen LogP contribution in [0, 0.1) is 0 Å². The summed E-state index contributed by atoms with van der Waals surface area (Å²) in [6.45, 7) is 3.93. The van der Waals surface area contributed by atoms with E-state index in [0.29, 0.717) is 23.6 Å². The number of piperidine rings is 1. The Morgan fingerprint density at radius 3 is 2.33 bits per heavy atom. The molecule has 0 bridgehead atoms. The highest BCUT2D eigenvalue weighted by Gasteiger charge is 2.47. The molecule has 0 spiro atoms. The zero-order chi connectivity index (χ0) is 22.6. The maximum atomic E-state index is 13.6. The Hall–Kier alpha value is -2.10. The van der Waals surface area contributed by atoms with E-state index < -0.39 is 28.4 Å². The third-order valence-electron chi connectivity index (χ3n) is 4.83. The first kappa shape index (κ1) is 24.2. The first-order valence-electron chi connectivity index (χ1n) is 9.65. The van der Waals surface area contributed by atoms with Crippen LogP contribution in [0.25, 0.3) is 0 Å². The van der Waals surface area contributed by atoms with Crippen LogP contribution < -0.4 is 0 Å². The van der Waals surface area contributed by atoms with Gasteiger partial charge >= 0.3 is 6.09 Å². The molecule has 0 N–H and O–H groups in total. The predicted octanol–water partition coefficient (Wildman–Crippen LogP) is 2.94. The number of carbonyl (C=O) groups excluding carboxylic acids is 2. The fourth-order valence-electron chi connectivity index (χ4n) is 3.21. The van der Waals surface area contributed by atoms with Crippen molar-refractivity contribution in [3.8, 4) is 0 Å². The van der Waals surface area contributed by atoms with Crippen LogP contribution in [0.5, 0.6) is 0 Å². The zero-order valence-corrected chi connectivity index (χ0v) is 19.4. The molecule has 1 aromatic rings. The minimum atomic E-state index is -4.09. The number of Topliss-reactive ketones (excluding diaryl/α,β-unsaturated/α-hetero) is 1. The summed E-state index contributed by atoms with van der Waals surface area (Å²) < 4.78 is 33.7. The van der Waals surface area contributed by atoms with Gasteiger partial charge in [0.15, 0.2) is 12.0 Å². The molecule has 0 radical (unpaired) electrons. The third kappa shape index (κ3) is 5.14. The van der Waals surface area contributed by atoms with Crippen LogP contribution >= 0.6 is 11.6 Å². The molecule has 0 aliphatic carbocycles. The van der Waals surface area contributed by atoms with E-state index >= 15 is 0 Å². The summed E-state index contributed by atoms with van der Waals surface area (Å²) in [5.41, 5.74) is 0.358. The van der Waals surface area contributed by atoms with E-state index in [1.807, 2.05) is 0 Å². The van der Waals surface area contributed by atoms with E-state index in [1.165, 1.54) is 29.2 Å². The van der Waals surface area contributed by atoms with Crippen molar-refractivity contribution < 1.29 is 22.7 Å². The number of hydrogen-bond acceptors (Lipinski definition) is 6. The summed E-state index contributed by atoms with van der Waals surface area (Å²) in [6.07, 6.45) is -0.246. The van der Waals surface area contributed by atoms with Gasteiger partial charge in [0, 0.05) is 44.5 Å². The van der Waals surface area contributed by atoms with Crippen LogP contribution in [0.3, 0.4) is 0 Å². The lowest BCUT2D eigenvalue weighted by Gasteiger charge is -2.41. The normalized spacial score (nSPS) is 21.5. The Balaban J connectivity index is 2.59. The molecule has 2 rings (SSSR count). The van der Waals surface area contributed by atoms with Gasteiger partial charge in [0.2, 0.25) is 10.0 Å². The van der Waals surface area contributed by atoms with Crippen LogP contribution in [0.15, 0.2) is 40.9 Å². The topological polar surface area (TPSA) is 87.2 Å². The van der Waals surface area contributed by atoms with Crippen molar-refractivity contribution in [3.05, 3.63) is 41.1 Å². The maximum absolute atomic E-state index is 13.6. The standard InChI is InChI=1S/C20H28ClN3O5S/c1-6-17-16(13-22(3)4)18(25)12-19(29-20(26)23(5)7-2)24(17)30(27,28)15-10-8-14(21)9-11-15/h8-11,13,17,19H,6-7,12H2,1-5H3. The van der Waals surface area contributed by atoms with Crippen molar-refractivity contribution in [2.75, 3.05) is 27.7 Å². The van der Waals surface area contributed by atoms with Gasteiger partial charge in [-0.15, -0.1) is 0 Å². The number of hydrogen-bond donors (Lipinski definition) is 0. The van der Waals surface area contributed by atoms with Crippen molar-refractivity contribution in [2.24, 2.45) is 0 Å². The van der Waals surface area contributed by atoms with Gasteiger partial charge in [-0.05, 0) is 37.6 Å². The summed E-state index contributed by atoms with van der Waals surface area (Å²) in [7, 11) is 0.964. The van der Waals surface area contributed by atoms with Gasteiger partial charge in [-0.1, -0.05) is 18.5 Å². The molecular formula is C20H28ClN3O5S. The average Bonchev–Trinajstić information content (AvgIpc) is 2.68. The van der Waals surface area contributed by atoms with Gasteiger partial charge in [-0.25, -0.2) is 13.2 Å². The molecule has 2 atom stereocenters. The SMILES string of the molecule is CCC1C(=CN(C)C)C(=O)CC(OC(=O)N(C)CC)N1S(=O)(=O)c1ccc(Cl)cc1. The number of rotatable bonds is 6. The van der Waals surface area contributed by atoms with E-state index in [1.54, 1.807) is 46.1 Å². The van der Waals surface area contributed by atoms with Gasteiger partial charge in [0.1, 0.15) is 0 Å². The van der Waals surface area contributed by atoms with Gasteiger partial charge < -0.3 is 14.5 Å². The summed E-state index contributed by atoms with van der Waals surface area (Å²) in [5.74, 6) is -0.255. The fourth-order valence-corrected chi connectivity index (χ4v) is 5.08. The van der Waals surface area contributed by atoms with Crippen molar-refractivity contribution in [1.82, 2.24) is 14.1 Å². The second kappa shape index (κ2) is 9.80. The van der Waals surface area contributed by atoms with E-state index in [-0.39, 0.29) is 17.1 Å². The first-order chi connectivity index (χ1) is 14.0. The number of carbonyl (C=O) groups is 2. The predicted molar refractivity (Wildman–Crippen MR) is 115 cm³/mol. The Bertz CT molecular complexity index is 915. The molecule has 166 valence electrons. The molecule has 0 aromatic heterocycles. The molecule has 1 heterocycles. The highest BCUT2D eigenvalue weighted by molar-refractivity contribution is 7.89. The second-order valence-corrected chi connectivity index (χ2v) is 9.52. The minimum Gasteiger partial charge on any atom is -0.429 e. The lowest BCUT2D eigenvalue weighted by Crippen LogP contribution is -2.55. The number of amides is 1. The van der Waals surface area contributed by atoms with Crippen molar-refractivity contribution in [1.29, 1.82) is 0 Å². The first-order valence-corrected chi connectivity index (χ1v) is 11.5. The van der Waals surface area contributed by atoms with E-state index in [9.17, 15) is 18.0 Å².